The highest BCUT2D eigenvalue weighted by Crippen LogP contribution is 2.13. The molecule has 3 heterocycles. The van der Waals surface area contributed by atoms with Gasteiger partial charge in [-0.2, -0.15) is 5.10 Å². The second-order valence-corrected chi connectivity index (χ2v) is 4.27. The van der Waals surface area contributed by atoms with Crippen LogP contribution >= 0.6 is 0 Å². The summed E-state index contributed by atoms with van der Waals surface area (Å²) in [7, 11) is 0. The fourth-order valence-corrected chi connectivity index (χ4v) is 1.86. The smallest absolute Gasteiger partial charge is 0.125 e. The molecule has 0 amide bonds. The number of aromatic nitrogens is 5. The molecule has 3 aromatic rings. The van der Waals surface area contributed by atoms with Gasteiger partial charge < -0.3 is 4.98 Å². The summed E-state index contributed by atoms with van der Waals surface area (Å²) in [6.45, 7) is 1.86. The first-order valence-corrected chi connectivity index (χ1v) is 6.06. The molecule has 5 nitrogen and oxygen atoms in total. The number of hydrogen-bond acceptors (Lipinski definition) is 4. The maximum atomic E-state index is 4.33. The number of aromatic amines is 1. The molecule has 3 rings (SSSR count). The Morgan fingerprint density at radius 2 is 2.00 bits per heavy atom. The highest BCUT2D eigenvalue weighted by Gasteiger charge is 2.04. The number of H-pyrrole nitrogens is 1. The summed E-state index contributed by atoms with van der Waals surface area (Å²) in [5.74, 6) is 0.731. The lowest BCUT2D eigenvalue weighted by Crippen LogP contribution is -1.98. The van der Waals surface area contributed by atoms with E-state index in [0.717, 1.165) is 35.0 Å². The van der Waals surface area contributed by atoms with E-state index >= 15 is 0 Å². The number of hydrogen-bond donors (Lipinski definition) is 1. The topological polar surface area (TPSA) is 67.3 Å². The van der Waals surface area contributed by atoms with Gasteiger partial charge in [0.25, 0.3) is 0 Å². The normalized spacial score (nSPS) is 10.6. The molecule has 0 spiro atoms. The summed E-state index contributed by atoms with van der Waals surface area (Å²) in [5.41, 5.74) is 3.61. The van der Waals surface area contributed by atoms with Gasteiger partial charge in [0.15, 0.2) is 0 Å². The largest absolute Gasteiger partial charge is 0.365 e. The van der Waals surface area contributed by atoms with Crippen molar-refractivity contribution in [2.45, 2.75) is 13.3 Å². The Bertz CT molecular complexity index is 659. The van der Waals surface area contributed by atoms with Crippen molar-refractivity contribution in [2.24, 2.45) is 0 Å². The van der Waals surface area contributed by atoms with Crippen molar-refractivity contribution in [3.63, 3.8) is 0 Å². The Kier molecular flexibility index (Phi) is 3.02. The summed E-state index contributed by atoms with van der Waals surface area (Å²) < 4.78 is 0. The van der Waals surface area contributed by atoms with Crippen LogP contribution in [-0.2, 0) is 6.42 Å². The number of aryl methyl sites for hydroxylation is 1. The zero-order chi connectivity index (χ0) is 13.1. The van der Waals surface area contributed by atoms with Crippen LogP contribution in [0.25, 0.3) is 11.4 Å². The Hall–Kier alpha value is -2.56. The van der Waals surface area contributed by atoms with Crippen molar-refractivity contribution in [3.05, 3.63) is 59.9 Å². The van der Waals surface area contributed by atoms with Gasteiger partial charge in [-0.05, 0) is 37.3 Å². The average Bonchev–Trinajstić information content (AvgIpc) is 2.92. The standard InChI is InChI=1S/C14H13N5/c1-10-15-8-6-13(17-10)14-5-4-12(18-19-14)9-11-3-2-7-16-11/h2-8,16H,9H2,1H3. The Balaban J connectivity index is 1.82. The molecule has 0 unspecified atom stereocenters. The van der Waals surface area contributed by atoms with Gasteiger partial charge in [-0.3, -0.25) is 0 Å². The first kappa shape index (κ1) is 11.5. The van der Waals surface area contributed by atoms with Gasteiger partial charge in [0.1, 0.15) is 11.5 Å². The van der Waals surface area contributed by atoms with E-state index in [9.17, 15) is 0 Å². The van der Waals surface area contributed by atoms with Crippen molar-refractivity contribution in [1.82, 2.24) is 25.1 Å². The lowest BCUT2D eigenvalue weighted by molar-refractivity contribution is 0.921. The van der Waals surface area contributed by atoms with E-state index in [1.165, 1.54) is 0 Å². The fraction of sp³-hybridized carbons (Fsp3) is 0.143. The first-order valence-electron chi connectivity index (χ1n) is 6.06. The molecule has 0 radical (unpaired) electrons. The molecular weight excluding hydrogens is 238 g/mol. The van der Waals surface area contributed by atoms with Gasteiger partial charge in [-0.15, -0.1) is 5.10 Å². The van der Waals surface area contributed by atoms with E-state index in [1.54, 1.807) is 6.20 Å². The lowest BCUT2D eigenvalue weighted by Gasteiger charge is -2.01. The van der Waals surface area contributed by atoms with Crippen LogP contribution in [0.2, 0.25) is 0 Å². The molecule has 0 fully saturated rings. The number of nitrogens with one attached hydrogen (secondary N) is 1. The van der Waals surface area contributed by atoms with Crippen molar-refractivity contribution in [3.8, 4) is 11.4 Å². The lowest BCUT2D eigenvalue weighted by atomic mass is 10.2. The van der Waals surface area contributed by atoms with Crippen LogP contribution in [-0.4, -0.2) is 25.1 Å². The van der Waals surface area contributed by atoms with Crippen molar-refractivity contribution in [2.75, 3.05) is 0 Å². The van der Waals surface area contributed by atoms with E-state index in [1.807, 2.05) is 43.5 Å². The maximum Gasteiger partial charge on any atom is 0.125 e. The summed E-state index contributed by atoms with van der Waals surface area (Å²) in [4.78, 5) is 11.5. The molecule has 0 aliphatic rings. The van der Waals surface area contributed by atoms with Gasteiger partial charge in [-0.1, -0.05) is 0 Å². The summed E-state index contributed by atoms with van der Waals surface area (Å²) in [6, 6.07) is 9.75. The highest BCUT2D eigenvalue weighted by atomic mass is 15.1. The third kappa shape index (κ3) is 2.65. The van der Waals surface area contributed by atoms with Crippen molar-refractivity contribution >= 4 is 0 Å². The molecule has 1 N–H and O–H groups in total. The van der Waals surface area contributed by atoms with Gasteiger partial charge in [0.05, 0.1) is 11.4 Å². The minimum atomic E-state index is 0.731. The van der Waals surface area contributed by atoms with Crippen LogP contribution in [0.15, 0.2) is 42.7 Å². The molecule has 0 aliphatic heterocycles. The highest BCUT2D eigenvalue weighted by molar-refractivity contribution is 5.52. The molecule has 5 heteroatoms. The molecule has 0 saturated carbocycles. The summed E-state index contributed by atoms with van der Waals surface area (Å²) in [5, 5.41) is 8.45. The minimum absolute atomic E-state index is 0.731. The molecule has 0 aromatic carbocycles. The fourth-order valence-electron chi connectivity index (χ4n) is 1.86. The number of rotatable bonds is 3. The van der Waals surface area contributed by atoms with Crippen LogP contribution in [0.1, 0.15) is 17.2 Å². The van der Waals surface area contributed by atoms with Crippen molar-refractivity contribution in [1.29, 1.82) is 0 Å². The predicted octanol–water partition coefficient (Wildman–Crippen LogP) is 2.16. The van der Waals surface area contributed by atoms with E-state index in [0.29, 0.717) is 0 Å². The summed E-state index contributed by atoms with van der Waals surface area (Å²) in [6.07, 6.45) is 4.38. The second kappa shape index (κ2) is 4.97. The number of nitrogens with zero attached hydrogens (tertiary/aromatic N) is 4. The SMILES string of the molecule is Cc1nccc(-c2ccc(Cc3ccc[nH]3)nn2)n1. The quantitative estimate of drug-likeness (QED) is 0.774. The van der Waals surface area contributed by atoms with Crippen molar-refractivity contribution < 1.29 is 0 Å². The van der Waals surface area contributed by atoms with Gasteiger partial charge >= 0.3 is 0 Å². The van der Waals surface area contributed by atoms with Crippen LogP contribution < -0.4 is 0 Å². The zero-order valence-corrected chi connectivity index (χ0v) is 10.5. The van der Waals surface area contributed by atoms with Gasteiger partial charge in [-0.25, -0.2) is 9.97 Å². The monoisotopic (exact) mass is 251 g/mol. The van der Waals surface area contributed by atoms with E-state index in [-0.39, 0.29) is 0 Å². The average molecular weight is 251 g/mol. The molecule has 0 bridgehead atoms. The third-order valence-corrected chi connectivity index (χ3v) is 2.79. The Morgan fingerprint density at radius 3 is 2.68 bits per heavy atom. The van der Waals surface area contributed by atoms with E-state index in [4.69, 9.17) is 0 Å². The molecule has 19 heavy (non-hydrogen) atoms. The van der Waals surface area contributed by atoms with Crippen LogP contribution in [0.3, 0.4) is 0 Å². The predicted molar refractivity (Wildman–Crippen MR) is 71.4 cm³/mol. The van der Waals surface area contributed by atoms with Crippen LogP contribution in [0, 0.1) is 6.92 Å². The van der Waals surface area contributed by atoms with E-state index in [2.05, 4.69) is 25.1 Å². The van der Waals surface area contributed by atoms with E-state index < -0.39 is 0 Å². The molecule has 0 saturated heterocycles. The maximum absolute atomic E-state index is 4.33. The van der Waals surface area contributed by atoms with Crippen LogP contribution in [0.4, 0.5) is 0 Å². The first-order chi connectivity index (χ1) is 9.31. The second-order valence-electron chi connectivity index (χ2n) is 4.27. The van der Waals surface area contributed by atoms with Gasteiger partial charge in [0.2, 0.25) is 0 Å². The molecule has 3 aromatic heterocycles. The van der Waals surface area contributed by atoms with Crippen LogP contribution in [0.5, 0.6) is 0 Å². The zero-order valence-electron chi connectivity index (χ0n) is 10.5. The van der Waals surface area contributed by atoms with Gasteiger partial charge in [0, 0.05) is 24.5 Å². The molecule has 94 valence electrons. The minimum Gasteiger partial charge on any atom is -0.365 e. The third-order valence-electron chi connectivity index (χ3n) is 2.79. The molecular formula is C14H13N5. The Morgan fingerprint density at radius 1 is 1.05 bits per heavy atom. The molecule has 0 aliphatic carbocycles. The molecule has 0 atom stereocenters. The Labute approximate surface area is 110 Å². The summed E-state index contributed by atoms with van der Waals surface area (Å²) >= 11 is 0.